The quantitative estimate of drug-likeness (QED) is 0.257. The van der Waals surface area contributed by atoms with E-state index in [1.807, 2.05) is 26.0 Å². The monoisotopic (exact) mass is 611 g/mol. The lowest BCUT2D eigenvalue weighted by molar-refractivity contribution is -0.141. The van der Waals surface area contributed by atoms with E-state index in [1.165, 1.54) is 24.3 Å². The number of amides is 1. The summed E-state index contributed by atoms with van der Waals surface area (Å²) in [6, 6.07) is 9.67. The van der Waals surface area contributed by atoms with Crippen molar-refractivity contribution in [3.05, 3.63) is 69.5 Å². The maximum atomic E-state index is 13.8. The van der Waals surface area contributed by atoms with Gasteiger partial charge in [0.1, 0.15) is 16.5 Å². The van der Waals surface area contributed by atoms with Crippen molar-refractivity contribution < 1.29 is 27.4 Å². The van der Waals surface area contributed by atoms with Crippen LogP contribution in [-0.2, 0) is 12.7 Å². The van der Waals surface area contributed by atoms with E-state index in [1.54, 1.807) is 0 Å². The molecule has 2 N–H and O–H groups in total. The van der Waals surface area contributed by atoms with E-state index < -0.39 is 23.3 Å². The summed E-state index contributed by atoms with van der Waals surface area (Å²) in [7, 11) is 0. The lowest BCUT2D eigenvalue weighted by Crippen LogP contribution is -2.39. The Bertz CT molecular complexity index is 1320. The highest BCUT2D eigenvalue weighted by atomic mass is 35.5. The zero-order chi connectivity index (χ0) is 29.6. The maximum absolute atomic E-state index is 13.8. The smallest absolute Gasteiger partial charge is 0.434 e. The molecule has 1 saturated heterocycles. The van der Waals surface area contributed by atoms with Gasteiger partial charge in [0.05, 0.1) is 18.8 Å². The van der Waals surface area contributed by atoms with Gasteiger partial charge < -0.3 is 20.1 Å². The van der Waals surface area contributed by atoms with Gasteiger partial charge in [-0.2, -0.15) is 13.2 Å². The number of benzene rings is 2. The molecule has 0 atom stereocenters. The number of halogens is 5. The molecule has 0 spiro atoms. The van der Waals surface area contributed by atoms with E-state index >= 15 is 0 Å². The number of piperidine rings is 1. The van der Waals surface area contributed by atoms with Crippen LogP contribution in [0.5, 0.6) is 11.5 Å². The highest BCUT2D eigenvalue weighted by molar-refractivity contribution is 6.33. The molecule has 4 rings (SSSR count). The van der Waals surface area contributed by atoms with Crippen molar-refractivity contribution >= 4 is 40.7 Å². The number of nitrogens with zero attached hydrogens (tertiary/aromatic N) is 3. The summed E-state index contributed by atoms with van der Waals surface area (Å²) in [5, 5.41) is 6.29. The summed E-state index contributed by atoms with van der Waals surface area (Å²) in [6.07, 6.45) is -2.64. The summed E-state index contributed by atoms with van der Waals surface area (Å²) >= 11 is 12.2. The van der Waals surface area contributed by atoms with E-state index in [0.29, 0.717) is 72.9 Å². The Balaban J connectivity index is 1.40. The first kappa shape index (κ1) is 30.7. The van der Waals surface area contributed by atoms with E-state index in [0.717, 1.165) is 11.8 Å². The molecule has 2 heterocycles. The molecule has 0 saturated carbocycles. The number of nitrogens with one attached hydrogen (secondary N) is 2. The van der Waals surface area contributed by atoms with Crippen LogP contribution >= 0.6 is 23.2 Å². The number of hydrogen-bond acceptors (Lipinski definition) is 7. The van der Waals surface area contributed by atoms with Gasteiger partial charge in [0.2, 0.25) is 5.95 Å². The van der Waals surface area contributed by atoms with Gasteiger partial charge in [0.15, 0.2) is 5.69 Å². The normalized spacial score (nSPS) is 14.5. The largest absolute Gasteiger partial charge is 0.492 e. The van der Waals surface area contributed by atoms with Crippen LogP contribution in [0.25, 0.3) is 0 Å². The molecule has 13 heteroatoms. The summed E-state index contributed by atoms with van der Waals surface area (Å²) in [6.45, 7) is 6.73. The van der Waals surface area contributed by atoms with Gasteiger partial charge in [-0.15, -0.1) is 0 Å². The number of likely N-dealkylation sites (tertiary alicyclic amines) is 1. The second-order valence-electron chi connectivity index (χ2n) is 9.38. The zero-order valence-electron chi connectivity index (χ0n) is 22.5. The average Bonchev–Trinajstić information content (AvgIpc) is 2.93. The molecule has 1 aliphatic rings. The molecule has 1 amide bonds. The molecule has 1 aromatic heterocycles. The van der Waals surface area contributed by atoms with Gasteiger partial charge in [-0.05, 0) is 68.7 Å². The number of hydrogen-bond donors (Lipinski definition) is 2. The van der Waals surface area contributed by atoms with Crippen LogP contribution in [0, 0.1) is 0 Å². The van der Waals surface area contributed by atoms with Crippen LogP contribution in [0.15, 0.2) is 42.6 Å². The molecule has 8 nitrogen and oxygen atoms in total. The number of alkyl halides is 3. The van der Waals surface area contributed by atoms with Crippen LogP contribution in [0.4, 0.5) is 24.8 Å². The van der Waals surface area contributed by atoms with Crippen LogP contribution in [0.3, 0.4) is 0 Å². The van der Waals surface area contributed by atoms with Crippen LogP contribution in [0.2, 0.25) is 10.0 Å². The summed E-state index contributed by atoms with van der Waals surface area (Å²) in [5.74, 6) is -0.0231. The third-order valence-electron chi connectivity index (χ3n) is 6.40. The van der Waals surface area contributed by atoms with Gasteiger partial charge in [-0.1, -0.05) is 23.2 Å². The van der Waals surface area contributed by atoms with Crippen molar-refractivity contribution in [2.75, 3.05) is 36.9 Å². The first-order valence-corrected chi connectivity index (χ1v) is 13.9. The average molecular weight is 612 g/mol. The highest BCUT2D eigenvalue weighted by Crippen LogP contribution is 2.36. The lowest BCUT2D eigenvalue weighted by atomic mass is 10.0. The Hall–Kier alpha value is -3.28. The van der Waals surface area contributed by atoms with E-state index in [4.69, 9.17) is 32.7 Å². The van der Waals surface area contributed by atoms with E-state index in [9.17, 15) is 18.0 Å². The highest BCUT2D eigenvalue weighted by Gasteiger charge is 2.38. The van der Waals surface area contributed by atoms with Gasteiger partial charge in [-0.3, -0.25) is 9.69 Å². The SMILES string of the molecule is CCOc1cc(CN2CCC(Nc3ncc(C(=O)Nc4ccc(Cl)cc4)c(C(F)(F)F)n3)CC2)cc(OCC)c1Cl. The number of aromatic nitrogens is 2. The standard InChI is InChI=1S/C28H30Cl2F3N5O3/c1-3-40-22-13-17(14-23(24(22)30)41-4-2)16-38-11-9-20(10-12-38)36-27-34-15-21(25(37-27)28(31,32)33)26(39)35-19-7-5-18(29)6-8-19/h5-8,13-15,20H,3-4,9-12,16H2,1-2H3,(H,35,39)(H,34,36,37). The lowest BCUT2D eigenvalue weighted by Gasteiger charge is -2.32. The predicted octanol–water partition coefficient (Wildman–Crippen LogP) is 6.93. The number of carbonyl (C=O) groups is 1. The number of rotatable bonds is 10. The Morgan fingerprint density at radius 3 is 2.22 bits per heavy atom. The van der Waals surface area contributed by atoms with Gasteiger partial charge in [0, 0.05) is 42.6 Å². The Labute approximate surface area is 246 Å². The molecular weight excluding hydrogens is 582 g/mol. The summed E-state index contributed by atoms with van der Waals surface area (Å²) in [5.41, 5.74) is -0.702. The van der Waals surface area contributed by atoms with Crippen LogP contribution in [-0.4, -0.2) is 53.1 Å². The fourth-order valence-corrected chi connectivity index (χ4v) is 4.82. The van der Waals surface area contributed by atoms with Crippen LogP contribution in [0.1, 0.15) is 48.3 Å². The Kier molecular flexibility index (Phi) is 10.2. The minimum atomic E-state index is -4.85. The van der Waals surface area contributed by atoms with Crippen molar-refractivity contribution in [1.29, 1.82) is 0 Å². The fourth-order valence-electron chi connectivity index (χ4n) is 4.48. The molecule has 0 unspecified atom stereocenters. The molecule has 41 heavy (non-hydrogen) atoms. The molecule has 3 aromatic rings. The minimum Gasteiger partial charge on any atom is -0.492 e. The van der Waals surface area contributed by atoms with Crippen molar-refractivity contribution in [1.82, 2.24) is 14.9 Å². The maximum Gasteiger partial charge on any atom is 0.434 e. The third-order valence-corrected chi connectivity index (χ3v) is 7.02. The fraction of sp³-hybridized carbons (Fsp3) is 0.393. The molecule has 220 valence electrons. The van der Waals surface area contributed by atoms with Gasteiger partial charge in [0.25, 0.3) is 5.91 Å². The first-order chi connectivity index (χ1) is 19.6. The number of carbonyl (C=O) groups excluding carboxylic acids is 1. The van der Waals surface area contributed by atoms with Crippen molar-refractivity contribution in [3.8, 4) is 11.5 Å². The molecule has 1 fully saturated rings. The van der Waals surface area contributed by atoms with Crippen molar-refractivity contribution in [2.45, 2.75) is 45.5 Å². The molecular formula is C28H30Cl2F3N5O3. The second kappa shape index (κ2) is 13.6. The first-order valence-electron chi connectivity index (χ1n) is 13.2. The molecule has 2 aromatic carbocycles. The van der Waals surface area contributed by atoms with Crippen molar-refractivity contribution in [2.24, 2.45) is 0 Å². The third kappa shape index (κ3) is 8.15. The minimum absolute atomic E-state index is 0.135. The topological polar surface area (TPSA) is 88.6 Å². The Morgan fingerprint density at radius 1 is 1.05 bits per heavy atom. The van der Waals surface area contributed by atoms with Crippen LogP contribution < -0.4 is 20.1 Å². The van der Waals surface area contributed by atoms with Crippen molar-refractivity contribution in [3.63, 3.8) is 0 Å². The molecule has 0 bridgehead atoms. The number of anilines is 2. The molecule has 1 aliphatic heterocycles. The predicted molar refractivity (Wildman–Crippen MR) is 152 cm³/mol. The summed E-state index contributed by atoms with van der Waals surface area (Å²) in [4.78, 5) is 22.5. The van der Waals surface area contributed by atoms with E-state index in [-0.39, 0.29) is 12.0 Å². The molecule has 0 aliphatic carbocycles. The Morgan fingerprint density at radius 2 is 1.66 bits per heavy atom. The van der Waals surface area contributed by atoms with Gasteiger partial charge >= 0.3 is 6.18 Å². The summed E-state index contributed by atoms with van der Waals surface area (Å²) < 4.78 is 52.9. The van der Waals surface area contributed by atoms with E-state index in [2.05, 4.69) is 25.5 Å². The molecule has 0 radical (unpaired) electrons. The number of ether oxygens (including phenoxy) is 2. The zero-order valence-corrected chi connectivity index (χ0v) is 24.0. The second-order valence-corrected chi connectivity index (χ2v) is 10.2. The van der Waals surface area contributed by atoms with Gasteiger partial charge in [-0.25, -0.2) is 9.97 Å².